The maximum atomic E-state index is 13.5. The number of nitrogens with one attached hydrogen (secondary N) is 1. The van der Waals surface area contributed by atoms with Gasteiger partial charge >= 0.3 is 0 Å². The Hall–Kier alpha value is -3.81. The maximum Gasteiger partial charge on any atom is 0.268 e. The number of methoxy groups -OCH3 is 2. The highest BCUT2D eigenvalue weighted by atomic mass is 16.5. The molecule has 4 rings (SSSR count). The summed E-state index contributed by atoms with van der Waals surface area (Å²) in [5.41, 5.74) is 1.80. The summed E-state index contributed by atoms with van der Waals surface area (Å²) in [7, 11) is 3.02. The Bertz CT molecular complexity index is 1110. The molecular weight excluding hydrogens is 422 g/mol. The van der Waals surface area contributed by atoms with Gasteiger partial charge in [-0.25, -0.2) is 4.90 Å². The van der Waals surface area contributed by atoms with Crippen LogP contribution in [0.2, 0.25) is 0 Å². The van der Waals surface area contributed by atoms with Crippen molar-refractivity contribution in [3.8, 4) is 11.5 Å². The van der Waals surface area contributed by atoms with Crippen LogP contribution in [0.25, 0.3) is 0 Å². The van der Waals surface area contributed by atoms with Gasteiger partial charge in [0.15, 0.2) is 11.5 Å². The number of ether oxygens (including phenoxy) is 2. The Kier molecular flexibility index (Phi) is 6.35. The minimum atomic E-state index is -0.393. The molecule has 0 radical (unpaired) electrons. The second-order valence-electron chi connectivity index (χ2n) is 8.00. The second-order valence-corrected chi connectivity index (χ2v) is 8.00. The van der Waals surface area contributed by atoms with Crippen LogP contribution in [-0.4, -0.2) is 51.6 Å². The molecule has 0 spiro atoms. The van der Waals surface area contributed by atoms with E-state index in [0.717, 1.165) is 17.7 Å². The van der Waals surface area contributed by atoms with E-state index in [4.69, 9.17) is 9.47 Å². The predicted molar refractivity (Wildman–Crippen MR) is 125 cm³/mol. The lowest BCUT2D eigenvalue weighted by atomic mass is 9.95. The van der Waals surface area contributed by atoms with E-state index in [1.54, 1.807) is 36.4 Å². The number of fused-ring (bicyclic) bond motifs is 1. The fraction of sp³-hybridized carbons (Fsp3) is 0.320. The third-order valence-electron chi connectivity index (χ3n) is 6.07. The molecule has 1 N–H and O–H groups in total. The summed E-state index contributed by atoms with van der Waals surface area (Å²) in [4.78, 5) is 42.4. The molecule has 1 saturated heterocycles. The molecule has 2 aromatic rings. The Morgan fingerprint density at radius 3 is 2.67 bits per heavy atom. The van der Waals surface area contributed by atoms with Crippen molar-refractivity contribution >= 4 is 29.1 Å². The van der Waals surface area contributed by atoms with Crippen molar-refractivity contribution < 1.29 is 23.9 Å². The van der Waals surface area contributed by atoms with Crippen LogP contribution >= 0.6 is 0 Å². The molecule has 1 atom stereocenters. The first-order valence-electron chi connectivity index (χ1n) is 10.9. The maximum absolute atomic E-state index is 13.5. The third kappa shape index (κ3) is 4.04. The van der Waals surface area contributed by atoms with Crippen molar-refractivity contribution in [1.29, 1.82) is 0 Å². The molecule has 2 aromatic carbocycles. The number of carbonyl (C=O) groups is 3. The molecule has 33 heavy (non-hydrogen) atoms. The van der Waals surface area contributed by atoms with Gasteiger partial charge in [0, 0.05) is 25.7 Å². The van der Waals surface area contributed by atoms with Crippen LogP contribution in [0.15, 0.2) is 49.1 Å². The number of hydrogen-bond acceptors (Lipinski definition) is 6. The molecule has 1 unspecified atom stereocenters. The van der Waals surface area contributed by atoms with E-state index >= 15 is 0 Å². The van der Waals surface area contributed by atoms with Gasteiger partial charge in [0.05, 0.1) is 42.6 Å². The lowest BCUT2D eigenvalue weighted by Gasteiger charge is -2.34. The fourth-order valence-electron chi connectivity index (χ4n) is 4.46. The average molecular weight is 450 g/mol. The minimum Gasteiger partial charge on any atom is -0.493 e. The van der Waals surface area contributed by atoms with E-state index in [-0.39, 0.29) is 17.7 Å². The fourth-order valence-corrected chi connectivity index (χ4v) is 4.46. The van der Waals surface area contributed by atoms with Crippen molar-refractivity contribution in [1.82, 2.24) is 5.32 Å². The molecule has 2 heterocycles. The van der Waals surface area contributed by atoms with Gasteiger partial charge in [0.25, 0.3) is 11.8 Å². The molecule has 2 aliphatic rings. The highest BCUT2D eigenvalue weighted by Crippen LogP contribution is 2.38. The van der Waals surface area contributed by atoms with Crippen molar-refractivity contribution in [2.75, 3.05) is 43.7 Å². The van der Waals surface area contributed by atoms with Gasteiger partial charge in [0.1, 0.15) is 0 Å². The molecule has 0 bridgehead atoms. The predicted octanol–water partition coefficient (Wildman–Crippen LogP) is 3.02. The van der Waals surface area contributed by atoms with Gasteiger partial charge in [-0.2, -0.15) is 0 Å². The van der Waals surface area contributed by atoms with Gasteiger partial charge in [-0.15, -0.1) is 6.58 Å². The van der Waals surface area contributed by atoms with E-state index in [1.165, 1.54) is 14.2 Å². The van der Waals surface area contributed by atoms with Crippen molar-refractivity contribution in [3.05, 3.63) is 60.2 Å². The number of rotatable bonds is 7. The molecule has 172 valence electrons. The lowest BCUT2D eigenvalue weighted by molar-refractivity contribution is -0.125. The van der Waals surface area contributed by atoms with Crippen LogP contribution in [0, 0.1) is 5.92 Å². The molecule has 0 aliphatic carbocycles. The molecule has 8 heteroatoms. The lowest BCUT2D eigenvalue weighted by Crippen LogP contribution is -2.43. The van der Waals surface area contributed by atoms with Gasteiger partial charge in [0.2, 0.25) is 5.91 Å². The molecule has 0 saturated carbocycles. The van der Waals surface area contributed by atoms with Crippen LogP contribution in [0.4, 0.5) is 11.4 Å². The first-order chi connectivity index (χ1) is 16.0. The Balaban J connectivity index is 1.65. The van der Waals surface area contributed by atoms with Crippen molar-refractivity contribution in [2.24, 2.45) is 5.92 Å². The van der Waals surface area contributed by atoms with E-state index in [0.29, 0.717) is 53.6 Å². The number of imide groups is 1. The zero-order valence-corrected chi connectivity index (χ0v) is 18.8. The van der Waals surface area contributed by atoms with Crippen molar-refractivity contribution in [2.45, 2.75) is 12.8 Å². The number of hydrogen-bond donors (Lipinski definition) is 1. The topological polar surface area (TPSA) is 88.2 Å². The Morgan fingerprint density at radius 1 is 1.15 bits per heavy atom. The van der Waals surface area contributed by atoms with Gasteiger partial charge < -0.3 is 19.7 Å². The van der Waals surface area contributed by atoms with E-state index in [2.05, 4.69) is 11.9 Å². The zero-order valence-electron chi connectivity index (χ0n) is 18.8. The summed E-state index contributed by atoms with van der Waals surface area (Å²) in [6, 6.07) is 10.2. The summed E-state index contributed by atoms with van der Waals surface area (Å²) in [5.74, 6) is -0.0634. The van der Waals surface area contributed by atoms with Crippen LogP contribution in [0.5, 0.6) is 11.5 Å². The molecular formula is C25H27N3O5. The molecule has 1 fully saturated rings. The van der Waals surface area contributed by atoms with E-state index in [1.807, 2.05) is 11.0 Å². The van der Waals surface area contributed by atoms with Crippen LogP contribution < -0.4 is 24.6 Å². The number of benzene rings is 2. The molecule has 2 aliphatic heterocycles. The summed E-state index contributed by atoms with van der Waals surface area (Å²) in [5, 5.41) is 2.86. The molecule has 0 aromatic heterocycles. The number of amides is 3. The first kappa shape index (κ1) is 22.4. The Labute approximate surface area is 192 Å². The van der Waals surface area contributed by atoms with Gasteiger partial charge in [-0.3, -0.25) is 14.4 Å². The SMILES string of the molecule is C=CCNC(=O)C1CCCN(c2cccc3c2C(=O)N(c2ccc(OC)c(OC)c2)C3=O)C1. The normalized spacial score (nSPS) is 17.6. The van der Waals surface area contributed by atoms with Crippen LogP contribution in [0.1, 0.15) is 33.6 Å². The number of anilines is 2. The highest BCUT2D eigenvalue weighted by molar-refractivity contribution is 6.36. The first-order valence-corrected chi connectivity index (χ1v) is 10.9. The second kappa shape index (κ2) is 9.36. The van der Waals surface area contributed by atoms with Crippen LogP contribution in [-0.2, 0) is 4.79 Å². The Morgan fingerprint density at radius 2 is 1.94 bits per heavy atom. The minimum absolute atomic E-state index is 0.0264. The number of carbonyl (C=O) groups excluding carboxylic acids is 3. The third-order valence-corrected chi connectivity index (χ3v) is 6.07. The smallest absolute Gasteiger partial charge is 0.268 e. The summed E-state index contributed by atoms with van der Waals surface area (Å²) >= 11 is 0. The van der Waals surface area contributed by atoms with Crippen molar-refractivity contribution in [3.63, 3.8) is 0 Å². The van der Waals surface area contributed by atoms with Gasteiger partial charge in [-0.1, -0.05) is 12.1 Å². The molecule has 3 amide bonds. The molecule has 8 nitrogen and oxygen atoms in total. The van der Waals surface area contributed by atoms with Crippen LogP contribution in [0.3, 0.4) is 0 Å². The van der Waals surface area contributed by atoms with Gasteiger partial charge in [-0.05, 0) is 37.1 Å². The van der Waals surface area contributed by atoms with E-state index in [9.17, 15) is 14.4 Å². The number of nitrogens with zero attached hydrogens (tertiary/aromatic N) is 2. The standard InChI is InChI=1S/C25H27N3O5/c1-4-12-26-23(29)16-7-6-13-27(15-16)19-9-5-8-18-22(19)25(31)28(24(18)30)17-10-11-20(32-2)21(14-17)33-3/h4-5,8-11,14,16H,1,6-7,12-13,15H2,2-3H3,(H,26,29). The summed E-state index contributed by atoms with van der Waals surface area (Å²) in [6.07, 6.45) is 3.24. The number of piperidine rings is 1. The quantitative estimate of drug-likeness (QED) is 0.516. The van der Waals surface area contributed by atoms with E-state index < -0.39 is 5.91 Å². The monoisotopic (exact) mass is 449 g/mol. The summed E-state index contributed by atoms with van der Waals surface area (Å²) < 4.78 is 10.6. The highest BCUT2D eigenvalue weighted by Gasteiger charge is 2.40. The zero-order chi connectivity index (χ0) is 23.5. The average Bonchev–Trinajstić information content (AvgIpc) is 3.12. The largest absolute Gasteiger partial charge is 0.493 e. The summed E-state index contributed by atoms with van der Waals surface area (Å²) in [6.45, 7) is 5.24.